The Hall–Kier alpha value is -1.09. The second kappa shape index (κ2) is 4.42. The third kappa shape index (κ3) is 2.05. The third-order valence-electron chi connectivity index (χ3n) is 3.83. The summed E-state index contributed by atoms with van der Waals surface area (Å²) in [4.78, 5) is 4.17. The number of nitrogens with zero attached hydrogens (tertiary/aromatic N) is 1. The van der Waals surface area contributed by atoms with Crippen LogP contribution in [0.5, 0.6) is 0 Å². The monoisotopic (exact) mass is 219 g/mol. The van der Waals surface area contributed by atoms with Gasteiger partial charge in [-0.2, -0.15) is 0 Å². The van der Waals surface area contributed by atoms with Crippen molar-refractivity contribution in [2.75, 3.05) is 12.3 Å². The van der Waals surface area contributed by atoms with Crippen LogP contribution in [0.4, 0.5) is 5.69 Å². The minimum Gasteiger partial charge on any atom is -0.398 e. The Bertz CT molecular complexity index is 354. The molecule has 0 amide bonds. The Kier molecular flexibility index (Phi) is 3.15. The van der Waals surface area contributed by atoms with Crippen molar-refractivity contribution in [3.63, 3.8) is 0 Å². The highest BCUT2D eigenvalue weighted by atomic mass is 15.0. The lowest BCUT2D eigenvalue weighted by Crippen LogP contribution is -2.46. The minimum absolute atomic E-state index is 0.219. The van der Waals surface area contributed by atoms with Crippen LogP contribution in [-0.4, -0.2) is 17.1 Å². The summed E-state index contributed by atoms with van der Waals surface area (Å²) < 4.78 is 0. The van der Waals surface area contributed by atoms with Crippen LogP contribution in [0.2, 0.25) is 0 Å². The number of anilines is 1. The second-order valence-corrected chi connectivity index (χ2v) is 5.09. The van der Waals surface area contributed by atoms with Crippen LogP contribution >= 0.6 is 0 Å². The molecule has 0 aliphatic carbocycles. The summed E-state index contributed by atoms with van der Waals surface area (Å²) in [7, 11) is 0. The highest BCUT2D eigenvalue weighted by Gasteiger charge is 2.36. The smallest absolute Gasteiger partial charge is 0.0378 e. The highest BCUT2D eigenvalue weighted by Crippen LogP contribution is 2.32. The first-order chi connectivity index (χ1) is 7.64. The van der Waals surface area contributed by atoms with Crippen LogP contribution in [0.15, 0.2) is 18.5 Å². The molecule has 1 aliphatic rings. The number of hydrogen-bond acceptors (Lipinski definition) is 3. The third-order valence-corrected chi connectivity index (χ3v) is 3.83. The molecule has 1 unspecified atom stereocenters. The quantitative estimate of drug-likeness (QED) is 0.817. The van der Waals surface area contributed by atoms with Gasteiger partial charge in [-0.1, -0.05) is 13.8 Å². The zero-order chi connectivity index (χ0) is 11.6. The predicted octanol–water partition coefficient (Wildman–Crippen LogP) is 1.98. The molecule has 3 heteroatoms. The van der Waals surface area contributed by atoms with Crippen molar-refractivity contribution >= 4 is 5.69 Å². The van der Waals surface area contributed by atoms with Gasteiger partial charge in [0.05, 0.1) is 0 Å². The molecule has 1 atom stereocenters. The second-order valence-electron chi connectivity index (χ2n) is 5.09. The predicted molar refractivity (Wildman–Crippen MR) is 67.2 cm³/mol. The number of pyridine rings is 1. The number of rotatable bonds is 3. The number of aromatic nitrogens is 1. The summed E-state index contributed by atoms with van der Waals surface area (Å²) in [5.74, 6) is 0.620. The SMILES string of the molecule is CC(C)C1(Cc2cnccc2N)CCCN1. The summed E-state index contributed by atoms with van der Waals surface area (Å²) in [5.41, 5.74) is 8.25. The van der Waals surface area contributed by atoms with Crippen LogP contribution in [0.1, 0.15) is 32.3 Å². The normalized spacial score (nSPS) is 25.2. The Balaban J connectivity index is 2.21. The maximum Gasteiger partial charge on any atom is 0.0378 e. The summed E-state index contributed by atoms with van der Waals surface area (Å²) in [6, 6.07) is 1.89. The van der Waals surface area contributed by atoms with Gasteiger partial charge in [0.1, 0.15) is 0 Å². The van der Waals surface area contributed by atoms with E-state index in [2.05, 4.69) is 24.1 Å². The molecular weight excluding hydrogens is 198 g/mol. The molecule has 2 rings (SSSR count). The maximum atomic E-state index is 5.99. The number of hydrogen-bond donors (Lipinski definition) is 2. The maximum absolute atomic E-state index is 5.99. The first-order valence-corrected chi connectivity index (χ1v) is 6.07. The van der Waals surface area contributed by atoms with Crippen LogP contribution in [0.3, 0.4) is 0 Å². The van der Waals surface area contributed by atoms with E-state index in [-0.39, 0.29) is 5.54 Å². The van der Waals surface area contributed by atoms with Gasteiger partial charge in [-0.25, -0.2) is 0 Å². The zero-order valence-corrected chi connectivity index (χ0v) is 10.2. The number of nitrogens with one attached hydrogen (secondary N) is 1. The van der Waals surface area contributed by atoms with E-state index in [9.17, 15) is 0 Å². The van der Waals surface area contributed by atoms with E-state index in [0.29, 0.717) is 5.92 Å². The highest BCUT2D eigenvalue weighted by molar-refractivity contribution is 5.45. The van der Waals surface area contributed by atoms with Gasteiger partial charge >= 0.3 is 0 Å². The Morgan fingerprint density at radius 2 is 2.38 bits per heavy atom. The summed E-state index contributed by atoms with van der Waals surface area (Å²) in [6.07, 6.45) is 7.14. The van der Waals surface area contributed by atoms with E-state index in [1.807, 2.05) is 12.3 Å². The average Bonchev–Trinajstić information content (AvgIpc) is 2.71. The molecule has 1 saturated heterocycles. The number of nitrogens with two attached hydrogens (primary N) is 1. The fourth-order valence-electron chi connectivity index (χ4n) is 2.60. The van der Waals surface area contributed by atoms with E-state index in [0.717, 1.165) is 18.7 Å². The molecule has 1 aromatic heterocycles. The lowest BCUT2D eigenvalue weighted by Gasteiger charge is -2.34. The Morgan fingerprint density at radius 3 is 2.94 bits per heavy atom. The van der Waals surface area contributed by atoms with Crippen LogP contribution in [0, 0.1) is 5.92 Å². The fraction of sp³-hybridized carbons (Fsp3) is 0.615. The molecule has 2 heterocycles. The lowest BCUT2D eigenvalue weighted by molar-refractivity contribution is 0.269. The van der Waals surface area contributed by atoms with Gasteiger partial charge in [-0.3, -0.25) is 4.98 Å². The molecule has 0 saturated carbocycles. The van der Waals surface area contributed by atoms with Gasteiger partial charge in [-0.15, -0.1) is 0 Å². The summed E-state index contributed by atoms with van der Waals surface area (Å²) >= 11 is 0. The Labute approximate surface area is 97.5 Å². The van der Waals surface area contributed by atoms with E-state index in [4.69, 9.17) is 5.73 Å². The van der Waals surface area contributed by atoms with Gasteiger partial charge in [0.25, 0.3) is 0 Å². The first-order valence-electron chi connectivity index (χ1n) is 6.07. The average molecular weight is 219 g/mol. The molecule has 0 aromatic carbocycles. The van der Waals surface area contributed by atoms with Crippen LogP contribution in [0.25, 0.3) is 0 Å². The van der Waals surface area contributed by atoms with Crippen molar-refractivity contribution in [2.24, 2.45) is 5.92 Å². The zero-order valence-electron chi connectivity index (χ0n) is 10.2. The molecule has 16 heavy (non-hydrogen) atoms. The molecule has 1 fully saturated rings. The molecule has 0 bridgehead atoms. The Morgan fingerprint density at radius 1 is 1.56 bits per heavy atom. The molecular formula is C13H21N3. The number of nitrogen functional groups attached to an aromatic ring is 1. The van der Waals surface area contributed by atoms with Crippen molar-refractivity contribution in [3.05, 3.63) is 24.0 Å². The van der Waals surface area contributed by atoms with Gasteiger partial charge in [0.2, 0.25) is 0 Å². The molecule has 3 nitrogen and oxygen atoms in total. The lowest BCUT2D eigenvalue weighted by atomic mass is 9.80. The molecule has 88 valence electrons. The van der Waals surface area contributed by atoms with E-state index in [1.54, 1.807) is 6.20 Å². The van der Waals surface area contributed by atoms with Gasteiger partial charge in [0.15, 0.2) is 0 Å². The molecule has 0 spiro atoms. The topological polar surface area (TPSA) is 50.9 Å². The van der Waals surface area contributed by atoms with Gasteiger partial charge in [0, 0.05) is 23.6 Å². The van der Waals surface area contributed by atoms with E-state index >= 15 is 0 Å². The molecule has 1 aliphatic heterocycles. The van der Waals surface area contributed by atoms with Crippen molar-refractivity contribution in [1.82, 2.24) is 10.3 Å². The molecule has 0 radical (unpaired) electrons. The summed E-state index contributed by atoms with van der Waals surface area (Å²) in [5, 5.41) is 3.66. The van der Waals surface area contributed by atoms with Gasteiger partial charge in [-0.05, 0) is 43.4 Å². The van der Waals surface area contributed by atoms with E-state index in [1.165, 1.54) is 18.4 Å². The van der Waals surface area contributed by atoms with Crippen molar-refractivity contribution in [1.29, 1.82) is 0 Å². The largest absolute Gasteiger partial charge is 0.398 e. The minimum atomic E-state index is 0.219. The van der Waals surface area contributed by atoms with Crippen LogP contribution < -0.4 is 11.1 Å². The summed E-state index contributed by atoms with van der Waals surface area (Å²) in [6.45, 7) is 5.69. The standard InChI is InChI=1S/C13H21N3/c1-10(2)13(5-3-6-16-13)8-11-9-15-7-4-12(11)14/h4,7,9-10,16H,3,5-6,8H2,1-2H3,(H2,14,15). The fourth-order valence-corrected chi connectivity index (χ4v) is 2.60. The van der Waals surface area contributed by atoms with E-state index < -0.39 is 0 Å². The van der Waals surface area contributed by atoms with Crippen molar-refractivity contribution in [2.45, 2.75) is 38.6 Å². The van der Waals surface area contributed by atoms with Crippen molar-refractivity contribution < 1.29 is 0 Å². The van der Waals surface area contributed by atoms with Crippen LogP contribution in [-0.2, 0) is 6.42 Å². The van der Waals surface area contributed by atoms with Crippen molar-refractivity contribution in [3.8, 4) is 0 Å². The first kappa shape index (κ1) is 11.4. The van der Waals surface area contributed by atoms with Gasteiger partial charge < -0.3 is 11.1 Å². The molecule has 1 aromatic rings. The molecule has 3 N–H and O–H groups in total.